The Morgan fingerprint density at radius 1 is 1.19 bits per heavy atom. The third-order valence-corrected chi connectivity index (χ3v) is 6.15. The van der Waals surface area contributed by atoms with Crippen molar-refractivity contribution in [1.29, 1.82) is 0 Å². The molecule has 0 bridgehead atoms. The molecular weight excluding hydrogens is 384 g/mol. The lowest BCUT2D eigenvalue weighted by Crippen LogP contribution is -2.47. The molecule has 0 aliphatic carbocycles. The molecule has 5 rings (SSSR count). The van der Waals surface area contributed by atoms with Crippen molar-refractivity contribution >= 4 is 39.7 Å². The second kappa shape index (κ2) is 7.38. The third kappa shape index (κ3) is 3.36. The number of ether oxygens (including phenoxy) is 2. The number of rotatable bonds is 3. The van der Waals surface area contributed by atoms with E-state index >= 15 is 0 Å². The van der Waals surface area contributed by atoms with Crippen LogP contribution >= 0.6 is 23.7 Å². The Kier molecular flexibility index (Phi) is 4.95. The number of halogens is 1. The number of thiophene rings is 1. The molecule has 1 atom stereocenters. The number of carbonyl (C=O) groups is 1. The molecule has 2 N–H and O–H groups in total. The zero-order chi connectivity index (χ0) is 17.5. The van der Waals surface area contributed by atoms with Crippen LogP contribution in [0.25, 0.3) is 10.1 Å². The second-order valence-electron chi connectivity index (χ2n) is 6.54. The molecule has 0 radical (unpaired) electrons. The molecule has 5 nitrogen and oxygen atoms in total. The van der Waals surface area contributed by atoms with Crippen LogP contribution in [0.5, 0.6) is 11.5 Å². The summed E-state index contributed by atoms with van der Waals surface area (Å²) in [5, 5.41) is 7.72. The average molecular weight is 403 g/mol. The lowest BCUT2D eigenvalue weighted by molar-refractivity contribution is -0.123. The van der Waals surface area contributed by atoms with E-state index in [0.29, 0.717) is 6.54 Å². The number of benzene rings is 2. The zero-order valence-corrected chi connectivity index (χ0v) is 16.1. The van der Waals surface area contributed by atoms with Gasteiger partial charge in [-0.25, -0.2) is 0 Å². The van der Waals surface area contributed by atoms with Gasteiger partial charge in [0.25, 0.3) is 0 Å². The smallest absolute Gasteiger partial charge is 0.237 e. The van der Waals surface area contributed by atoms with Crippen molar-refractivity contribution in [2.24, 2.45) is 0 Å². The summed E-state index contributed by atoms with van der Waals surface area (Å²) < 4.78 is 12.0. The molecule has 0 saturated carbocycles. The minimum atomic E-state index is -0.190. The summed E-state index contributed by atoms with van der Waals surface area (Å²) in [6.07, 6.45) is 0.738. The van der Waals surface area contributed by atoms with Crippen LogP contribution < -0.4 is 20.1 Å². The third-order valence-electron chi connectivity index (χ3n) is 4.92. The Balaban J connectivity index is 0.00000180. The Labute approximate surface area is 167 Å². The molecule has 0 saturated heterocycles. The van der Waals surface area contributed by atoms with Crippen molar-refractivity contribution in [3.63, 3.8) is 0 Å². The minimum absolute atomic E-state index is 0. The summed E-state index contributed by atoms with van der Waals surface area (Å²) in [6.45, 7) is 1.48. The van der Waals surface area contributed by atoms with Gasteiger partial charge in [0.05, 0.1) is 6.04 Å². The van der Waals surface area contributed by atoms with E-state index in [1.807, 2.05) is 18.2 Å². The summed E-state index contributed by atoms with van der Waals surface area (Å²) in [6, 6.07) is 14.0. The summed E-state index contributed by atoms with van der Waals surface area (Å²) in [4.78, 5) is 13.9. The van der Waals surface area contributed by atoms with Gasteiger partial charge in [-0.2, -0.15) is 0 Å². The molecule has 2 aliphatic rings. The molecule has 0 fully saturated rings. The lowest BCUT2D eigenvalue weighted by atomic mass is 10.0. The van der Waals surface area contributed by atoms with Gasteiger partial charge in [0.1, 0.15) is 0 Å². The van der Waals surface area contributed by atoms with Crippen molar-refractivity contribution in [1.82, 2.24) is 10.6 Å². The van der Waals surface area contributed by atoms with E-state index in [1.165, 1.54) is 20.5 Å². The predicted molar refractivity (Wildman–Crippen MR) is 108 cm³/mol. The summed E-state index contributed by atoms with van der Waals surface area (Å²) in [7, 11) is 0. The summed E-state index contributed by atoms with van der Waals surface area (Å²) in [5.74, 6) is 1.53. The number of hydrogen-bond acceptors (Lipinski definition) is 5. The van der Waals surface area contributed by atoms with Crippen LogP contribution in [0.2, 0.25) is 0 Å². The molecule has 1 amide bonds. The molecule has 7 heteroatoms. The minimum Gasteiger partial charge on any atom is -0.454 e. The van der Waals surface area contributed by atoms with Crippen molar-refractivity contribution in [2.45, 2.75) is 25.6 Å². The first-order valence-electron chi connectivity index (χ1n) is 8.67. The molecular formula is C20H19ClN2O3S. The Bertz CT molecular complexity index is 1000. The monoisotopic (exact) mass is 402 g/mol. The van der Waals surface area contributed by atoms with Gasteiger partial charge in [-0.3, -0.25) is 4.79 Å². The zero-order valence-electron chi connectivity index (χ0n) is 14.5. The molecule has 0 spiro atoms. The predicted octanol–water partition coefficient (Wildman–Crippen LogP) is 3.38. The van der Waals surface area contributed by atoms with Gasteiger partial charge < -0.3 is 20.1 Å². The molecule has 2 aliphatic heterocycles. The molecule has 140 valence electrons. The topological polar surface area (TPSA) is 59.6 Å². The summed E-state index contributed by atoms with van der Waals surface area (Å²) in [5.41, 5.74) is 2.34. The normalized spacial score (nSPS) is 17.3. The fraction of sp³-hybridized carbons (Fsp3) is 0.250. The quantitative estimate of drug-likeness (QED) is 0.705. The van der Waals surface area contributed by atoms with Crippen LogP contribution in [0.15, 0.2) is 42.5 Å². The van der Waals surface area contributed by atoms with E-state index in [0.717, 1.165) is 30.0 Å². The van der Waals surface area contributed by atoms with Crippen molar-refractivity contribution in [3.8, 4) is 11.5 Å². The van der Waals surface area contributed by atoms with Crippen LogP contribution in [0.4, 0.5) is 0 Å². The van der Waals surface area contributed by atoms with Gasteiger partial charge in [0.2, 0.25) is 12.7 Å². The van der Waals surface area contributed by atoms with Gasteiger partial charge in [0, 0.05) is 29.1 Å². The summed E-state index contributed by atoms with van der Waals surface area (Å²) >= 11 is 1.80. The van der Waals surface area contributed by atoms with E-state index in [-0.39, 0.29) is 31.1 Å². The number of nitrogens with one attached hydrogen (secondary N) is 2. The fourth-order valence-corrected chi connectivity index (χ4v) is 4.81. The van der Waals surface area contributed by atoms with E-state index in [1.54, 1.807) is 11.3 Å². The average Bonchev–Trinajstić information content (AvgIpc) is 3.29. The highest BCUT2D eigenvalue weighted by Crippen LogP contribution is 2.34. The highest BCUT2D eigenvalue weighted by Gasteiger charge is 2.26. The lowest BCUT2D eigenvalue weighted by Gasteiger charge is -2.23. The van der Waals surface area contributed by atoms with Gasteiger partial charge in [-0.1, -0.05) is 24.3 Å². The van der Waals surface area contributed by atoms with Gasteiger partial charge in [-0.05, 0) is 34.7 Å². The molecule has 1 aromatic heterocycles. The highest BCUT2D eigenvalue weighted by atomic mass is 35.5. The van der Waals surface area contributed by atoms with E-state index in [9.17, 15) is 4.79 Å². The Hall–Kier alpha value is -2.28. The van der Waals surface area contributed by atoms with Crippen molar-refractivity contribution in [2.75, 3.05) is 6.79 Å². The maximum atomic E-state index is 12.6. The van der Waals surface area contributed by atoms with Crippen LogP contribution in [0, 0.1) is 0 Å². The first-order chi connectivity index (χ1) is 12.8. The van der Waals surface area contributed by atoms with Crippen LogP contribution in [-0.2, 0) is 24.3 Å². The van der Waals surface area contributed by atoms with Crippen LogP contribution in [0.3, 0.4) is 0 Å². The largest absolute Gasteiger partial charge is 0.454 e. The van der Waals surface area contributed by atoms with Gasteiger partial charge >= 0.3 is 0 Å². The standard InChI is InChI=1S/C20H18N2O3S.ClH/c23-20(22-9-12-5-6-16-17(7-12)25-11-24-16)15-8-19-14(10-21-15)13-3-1-2-4-18(13)26-19;/h1-7,15,21H,8-11H2,(H,22,23);1H. The van der Waals surface area contributed by atoms with Crippen LogP contribution in [-0.4, -0.2) is 18.7 Å². The van der Waals surface area contributed by atoms with E-state index in [4.69, 9.17) is 9.47 Å². The first kappa shape index (κ1) is 18.1. The van der Waals surface area contributed by atoms with E-state index in [2.05, 4.69) is 34.9 Å². The Morgan fingerprint density at radius 2 is 2.04 bits per heavy atom. The second-order valence-corrected chi connectivity index (χ2v) is 7.68. The van der Waals surface area contributed by atoms with Gasteiger partial charge in [-0.15, -0.1) is 23.7 Å². The first-order valence-corrected chi connectivity index (χ1v) is 9.48. The fourth-order valence-electron chi connectivity index (χ4n) is 3.54. The molecule has 1 unspecified atom stereocenters. The number of hydrogen-bond donors (Lipinski definition) is 2. The molecule has 3 aromatic rings. The number of carbonyl (C=O) groups excluding carboxylic acids is 1. The maximum Gasteiger partial charge on any atom is 0.237 e. The van der Waals surface area contributed by atoms with Crippen molar-refractivity contribution in [3.05, 3.63) is 58.5 Å². The van der Waals surface area contributed by atoms with E-state index < -0.39 is 0 Å². The maximum absolute atomic E-state index is 12.6. The molecule has 3 heterocycles. The van der Waals surface area contributed by atoms with Crippen molar-refractivity contribution < 1.29 is 14.3 Å². The molecule has 27 heavy (non-hydrogen) atoms. The van der Waals surface area contributed by atoms with Gasteiger partial charge in [0.15, 0.2) is 11.5 Å². The Morgan fingerprint density at radius 3 is 2.96 bits per heavy atom. The SMILES string of the molecule is Cl.O=C(NCc1ccc2c(c1)OCO2)C1Cc2sc3ccccc3c2CN1. The number of amides is 1. The van der Waals surface area contributed by atoms with Crippen LogP contribution in [0.1, 0.15) is 16.0 Å². The highest BCUT2D eigenvalue weighted by molar-refractivity contribution is 7.19. The number of fused-ring (bicyclic) bond motifs is 4. The molecule has 2 aromatic carbocycles.